The van der Waals surface area contributed by atoms with Crippen LogP contribution in [-0.2, 0) is 13.2 Å². The van der Waals surface area contributed by atoms with Gasteiger partial charge in [-0.3, -0.25) is 0 Å². The second kappa shape index (κ2) is 5.99. The van der Waals surface area contributed by atoms with Gasteiger partial charge in [-0.15, -0.1) is 0 Å². The van der Waals surface area contributed by atoms with Crippen LogP contribution in [0.15, 0.2) is 36.4 Å². The first-order valence-electron chi connectivity index (χ1n) is 5.65. The monoisotopic (exact) mass is 283 g/mol. The molecule has 0 saturated carbocycles. The van der Waals surface area contributed by atoms with Gasteiger partial charge in [-0.05, 0) is 29.8 Å². The summed E-state index contributed by atoms with van der Waals surface area (Å²) >= 11 is 5.87. The molecular formula is C14H12ClF2NO. The Morgan fingerprint density at radius 3 is 2.37 bits per heavy atom. The Morgan fingerprint density at radius 1 is 1.05 bits per heavy atom. The van der Waals surface area contributed by atoms with Crippen LogP contribution in [0.5, 0.6) is 5.75 Å². The van der Waals surface area contributed by atoms with Crippen LogP contribution in [0.1, 0.15) is 11.1 Å². The molecular weight excluding hydrogens is 272 g/mol. The van der Waals surface area contributed by atoms with Crippen molar-refractivity contribution >= 4 is 11.6 Å². The molecule has 0 unspecified atom stereocenters. The van der Waals surface area contributed by atoms with Crippen molar-refractivity contribution in [2.24, 2.45) is 5.73 Å². The molecule has 2 N–H and O–H groups in total. The number of ether oxygens (including phenoxy) is 1. The summed E-state index contributed by atoms with van der Waals surface area (Å²) in [6.07, 6.45) is 0. The Morgan fingerprint density at radius 2 is 1.74 bits per heavy atom. The molecule has 0 aliphatic heterocycles. The summed E-state index contributed by atoms with van der Waals surface area (Å²) in [5.41, 5.74) is 6.76. The van der Waals surface area contributed by atoms with E-state index in [0.29, 0.717) is 22.9 Å². The molecule has 5 heteroatoms. The highest BCUT2D eigenvalue weighted by molar-refractivity contribution is 6.30. The lowest BCUT2D eigenvalue weighted by molar-refractivity contribution is 0.301. The fraction of sp³-hybridized carbons (Fsp3) is 0.143. The smallest absolute Gasteiger partial charge is 0.126 e. The van der Waals surface area contributed by atoms with Crippen LogP contribution in [0.3, 0.4) is 0 Å². The lowest BCUT2D eigenvalue weighted by Crippen LogP contribution is -2.03. The summed E-state index contributed by atoms with van der Waals surface area (Å²) in [5.74, 6) is -0.757. The Kier molecular flexibility index (Phi) is 4.35. The van der Waals surface area contributed by atoms with Crippen LogP contribution in [0.2, 0.25) is 5.02 Å². The molecule has 0 heterocycles. The molecule has 100 valence electrons. The highest BCUT2D eigenvalue weighted by Gasteiger charge is 2.06. The molecule has 0 amide bonds. The van der Waals surface area contributed by atoms with Crippen LogP contribution >= 0.6 is 11.6 Å². The fourth-order valence-electron chi connectivity index (χ4n) is 1.69. The standard InChI is InChI=1S/C14H12ClF2NO/c15-11-2-1-10(7-18)14(5-11)19-8-9-3-12(16)6-13(17)4-9/h1-6H,7-8,18H2. The summed E-state index contributed by atoms with van der Waals surface area (Å²) in [7, 11) is 0. The predicted molar refractivity (Wildman–Crippen MR) is 70.0 cm³/mol. The van der Waals surface area contributed by atoms with Crippen LogP contribution in [0.4, 0.5) is 8.78 Å². The molecule has 2 nitrogen and oxygen atoms in total. The van der Waals surface area contributed by atoms with E-state index in [0.717, 1.165) is 11.6 Å². The van der Waals surface area contributed by atoms with E-state index in [1.165, 1.54) is 12.1 Å². The molecule has 0 bridgehead atoms. The zero-order valence-electron chi connectivity index (χ0n) is 10.00. The maximum absolute atomic E-state index is 13.0. The summed E-state index contributed by atoms with van der Waals surface area (Å²) in [5, 5.41) is 0.512. The van der Waals surface area contributed by atoms with E-state index in [1.807, 2.05) is 0 Å². The second-order valence-corrected chi connectivity index (χ2v) is 4.46. The van der Waals surface area contributed by atoms with Crippen LogP contribution in [0.25, 0.3) is 0 Å². The van der Waals surface area contributed by atoms with Crippen molar-refractivity contribution in [2.75, 3.05) is 0 Å². The molecule has 0 spiro atoms. The number of halogens is 3. The normalized spacial score (nSPS) is 10.5. The van der Waals surface area contributed by atoms with Gasteiger partial charge in [0.15, 0.2) is 0 Å². The van der Waals surface area contributed by atoms with Crippen molar-refractivity contribution in [3.8, 4) is 5.75 Å². The maximum atomic E-state index is 13.0. The van der Waals surface area contributed by atoms with Crippen molar-refractivity contribution in [3.05, 3.63) is 64.2 Å². The number of benzene rings is 2. The SMILES string of the molecule is NCc1ccc(Cl)cc1OCc1cc(F)cc(F)c1. The van der Waals surface area contributed by atoms with Gasteiger partial charge in [-0.1, -0.05) is 17.7 Å². The highest BCUT2D eigenvalue weighted by atomic mass is 35.5. The van der Waals surface area contributed by atoms with E-state index >= 15 is 0 Å². The minimum atomic E-state index is -0.635. The van der Waals surface area contributed by atoms with Crippen molar-refractivity contribution in [1.29, 1.82) is 0 Å². The first-order chi connectivity index (χ1) is 9.08. The Hall–Kier alpha value is -1.65. The number of nitrogens with two attached hydrogens (primary N) is 1. The summed E-state index contributed by atoms with van der Waals surface area (Å²) in [4.78, 5) is 0. The Labute approximate surface area is 114 Å². The van der Waals surface area contributed by atoms with Crippen LogP contribution < -0.4 is 10.5 Å². The van der Waals surface area contributed by atoms with E-state index < -0.39 is 11.6 Å². The molecule has 2 rings (SSSR count). The minimum absolute atomic E-state index is 0.0437. The number of hydrogen-bond acceptors (Lipinski definition) is 2. The van der Waals surface area contributed by atoms with Gasteiger partial charge in [0.1, 0.15) is 24.0 Å². The Balaban J connectivity index is 2.16. The fourth-order valence-corrected chi connectivity index (χ4v) is 1.85. The number of rotatable bonds is 4. The zero-order valence-corrected chi connectivity index (χ0v) is 10.8. The largest absolute Gasteiger partial charge is 0.489 e. The van der Waals surface area contributed by atoms with Gasteiger partial charge >= 0.3 is 0 Å². The maximum Gasteiger partial charge on any atom is 0.126 e. The van der Waals surface area contributed by atoms with Gasteiger partial charge in [-0.25, -0.2) is 8.78 Å². The van der Waals surface area contributed by atoms with Crippen LogP contribution in [-0.4, -0.2) is 0 Å². The van der Waals surface area contributed by atoms with E-state index in [-0.39, 0.29) is 6.61 Å². The van der Waals surface area contributed by atoms with Crippen molar-refractivity contribution < 1.29 is 13.5 Å². The Bertz CT molecular complexity index is 569. The molecule has 0 atom stereocenters. The highest BCUT2D eigenvalue weighted by Crippen LogP contribution is 2.24. The summed E-state index contributed by atoms with van der Waals surface area (Å²) < 4.78 is 31.6. The molecule has 19 heavy (non-hydrogen) atoms. The average molecular weight is 284 g/mol. The van der Waals surface area contributed by atoms with Crippen molar-refractivity contribution in [3.63, 3.8) is 0 Å². The van der Waals surface area contributed by atoms with E-state index in [1.54, 1.807) is 18.2 Å². The zero-order chi connectivity index (χ0) is 13.8. The second-order valence-electron chi connectivity index (χ2n) is 4.02. The molecule has 0 radical (unpaired) electrons. The van der Waals surface area contributed by atoms with E-state index in [2.05, 4.69) is 0 Å². The van der Waals surface area contributed by atoms with Crippen LogP contribution in [0, 0.1) is 11.6 Å². The molecule has 0 aliphatic rings. The third-order valence-corrected chi connectivity index (χ3v) is 2.80. The van der Waals surface area contributed by atoms with Gasteiger partial charge in [0.2, 0.25) is 0 Å². The lowest BCUT2D eigenvalue weighted by atomic mass is 10.2. The molecule has 2 aromatic carbocycles. The summed E-state index contributed by atoms with van der Waals surface area (Å²) in [6, 6.07) is 8.33. The van der Waals surface area contributed by atoms with Gasteiger partial charge < -0.3 is 10.5 Å². The third kappa shape index (κ3) is 3.66. The van der Waals surface area contributed by atoms with Gasteiger partial charge in [0.05, 0.1) is 0 Å². The van der Waals surface area contributed by atoms with Gasteiger partial charge in [0, 0.05) is 23.2 Å². The van der Waals surface area contributed by atoms with Gasteiger partial charge in [-0.2, -0.15) is 0 Å². The lowest BCUT2D eigenvalue weighted by Gasteiger charge is -2.11. The first-order valence-corrected chi connectivity index (χ1v) is 6.02. The van der Waals surface area contributed by atoms with E-state index in [4.69, 9.17) is 22.1 Å². The molecule has 0 aliphatic carbocycles. The molecule has 0 fully saturated rings. The third-order valence-electron chi connectivity index (χ3n) is 2.57. The predicted octanol–water partition coefficient (Wildman–Crippen LogP) is 3.66. The van der Waals surface area contributed by atoms with Crippen molar-refractivity contribution in [1.82, 2.24) is 0 Å². The quantitative estimate of drug-likeness (QED) is 0.929. The number of hydrogen-bond donors (Lipinski definition) is 1. The van der Waals surface area contributed by atoms with E-state index in [9.17, 15) is 8.78 Å². The molecule has 0 saturated heterocycles. The molecule has 0 aromatic heterocycles. The topological polar surface area (TPSA) is 35.2 Å². The average Bonchev–Trinajstić information content (AvgIpc) is 2.35. The minimum Gasteiger partial charge on any atom is -0.489 e. The molecule has 2 aromatic rings. The summed E-state index contributed by atoms with van der Waals surface area (Å²) in [6.45, 7) is 0.339. The first kappa shape index (κ1) is 13.8. The van der Waals surface area contributed by atoms with Crippen molar-refractivity contribution in [2.45, 2.75) is 13.2 Å². The van der Waals surface area contributed by atoms with Gasteiger partial charge in [0.25, 0.3) is 0 Å².